The number of hydrogen-bond acceptors (Lipinski definition) is 9. The van der Waals surface area contributed by atoms with Crippen LogP contribution in [0.4, 0.5) is 4.39 Å². The van der Waals surface area contributed by atoms with Crippen LogP contribution in [0.3, 0.4) is 0 Å². The number of nitrogens with one attached hydrogen (secondary N) is 1. The fourth-order valence-electron chi connectivity index (χ4n) is 12.8. The number of aliphatic carboxylic acids is 1. The fraction of sp³-hybridized carbons (Fsp3) is 0.750. The number of carboxylic acid groups (broad SMARTS) is 1. The van der Waals surface area contributed by atoms with Crippen LogP contribution in [0.15, 0.2) is 40.8 Å². The zero-order valence-electron chi connectivity index (χ0n) is 35.1. The van der Waals surface area contributed by atoms with E-state index in [1.807, 2.05) is 0 Å². The first kappa shape index (κ1) is 43.7. The van der Waals surface area contributed by atoms with Gasteiger partial charge in [0.05, 0.1) is 24.0 Å². The smallest absolute Gasteiger partial charge is 0.323 e. The lowest BCUT2D eigenvalue weighted by Gasteiger charge is -2.71. The Labute approximate surface area is 338 Å². The summed E-state index contributed by atoms with van der Waals surface area (Å²) in [5.74, 6) is -2.05. The minimum Gasteiger partial charge on any atom is -0.481 e. The first-order valence-electron chi connectivity index (χ1n) is 21.0. The maximum Gasteiger partial charge on any atom is 0.323 e. The Morgan fingerprint density at radius 1 is 1.00 bits per heavy atom. The molecule has 12 atom stereocenters. The molecule has 2 bridgehead atoms. The summed E-state index contributed by atoms with van der Waals surface area (Å²) in [6.45, 7) is 17.7. The molecule has 1 saturated heterocycles. The van der Waals surface area contributed by atoms with Crippen molar-refractivity contribution in [3.8, 4) is 0 Å². The third-order valence-corrected chi connectivity index (χ3v) is 17.8. The van der Waals surface area contributed by atoms with Crippen molar-refractivity contribution in [2.75, 3.05) is 19.8 Å². The molecule has 3 saturated carbocycles. The Morgan fingerprint density at radius 2 is 1.68 bits per heavy atom. The van der Waals surface area contributed by atoms with E-state index in [2.05, 4.69) is 59.3 Å². The normalized spacial score (nSPS) is 38.4. The summed E-state index contributed by atoms with van der Waals surface area (Å²) < 4.78 is 59.8. The Bertz CT molecular complexity index is 1850. The molecule has 0 aromatic heterocycles. The van der Waals surface area contributed by atoms with Crippen LogP contribution in [-0.4, -0.2) is 69.4 Å². The van der Waals surface area contributed by atoms with E-state index in [1.54, 1.807) is 0 Å². The van der Waals surface area contributed by atoms with Crippen LogP contribution in [-0.2, 0) is 38.6 Å². The zero-order valence-corrected chi connectivity index (χ0v) is 35.9. The van der Waals surface area contributed by atoms with Gasteiger partial charge in [0, 0.05) is 24.3 Å². The van der Waals surface area contributed by atoms with Gasteiger partial charge in [-0.1, -0.05) is 66.5 Å². The number of halogens is 1. The van der Waals surface area contributed by atoms with Crippen molar-refractivity contribution in [3.05, 3.63) is 41.7 Å². The van der Waals surface area contributed by atoms with E-state index >= 15 is 0 Å². The van der Waals surface area contributed by atoms with Crippen LogP contribution in [0, 0.1) is 62.5 Å². The predicted octanol–water partition coefficient (Wildman–Crippen LogP) is 7.03. The Kier molecular flexibility index (Phi) is 12.0. The summed E-state index contributed by atoms with van der Waals surface area (Å²) in [6.07, 6.45) is 6.44. The standard InChI is InChI=1S/C44H65FN2O9S/c1-26(2)27(3)40(5)20-21-42(7)31-16-17-35-41(6)24-54-25-44(35,32(31)18-19-43(42,8)36(40)38(49)50)23-34(55-28(4)48)37(41)56-39(51)33(46)11-9-10-22-47-57(52,53)30-14-12-29(45)13-15-30/h12-15,18,26-27,31,33-37,47H,9-11,16-17,19-25,46H2,1-8H3,(H,49,50)/t27-,31+,33?,34-,35+,36-,37+,40-,41-,42-,43+,44+/m1/s1. The second-order valence-corrected chi connectivity index (χ2v) is 21.3. The molecular weight excluding hydrogens is 752 g/mol. The molecule has 11 nitrogen and oxygen atoms in total. The summed E-state index contributed by atoms with van der Waals surface area (Å²) in [7, 11) is -3.81. The van der Waals surface area contributed by atoms with E-state index in [4.69, 9.17) is 19.9 Å². The number of carbonyl (C=O) groups is 3. The van der Waals surface area contributed by atoms with Crippen molar-refractivity contribution >= 4 is 27.9 Å². The van der Waals surface area contributed by atoms with Crippen molar-refractivity contribution in [1.82, 2.24) is 4.72 Å². The van der Waals surface area contributed by atoms with Gasteiger partial charge in [-0.15, -0.1) is 0 Å². The number of rotatable bonds is 13. The number of sulfonamides is 1. The lowest BCUT2D eigenvalue weighted by Crippen LogP contribution is -2.70. The average molecular weight is 817 g/mol. The number of allylic oxidation sites excluding steroid dienone is 1. The molecule has 0 amide bonds. The minimum atomic E-state index is -3.81. The molecule has 0 radical (unpaired) electrons. The number of carbonyl (C=O) groups excluding carboxylic acids is 2. The largest absolute Gasteiger partial charge is 0.481 e. The monoisotopic (exact) mass is 816 g/mol. The lowest BCUT2D eigenvalue weighted by atomic mass is 9.34. The lowest BCUT2D eigenvalue weighted by molar-refractivity contribution is -0.263. The summed E-state index contributed by atoms with van der Waals surface area (Å²) in [4.78, 5) is 39.8. The molecule has 6 rings (SSSR count). The molecule has 1 aliphatic heterocycles. The van der Waals surface area contributed by atoms with Gasteiger partial charge in [-0.2, -0.15) is 0 Å². The number of ether oxygens (including phenoxy) is 3. The van der Waals surface area contributed by atoms with Gasteiger partial charge in [0.2, 0.25) is 10.0 Å². The number of carboxylic acids is 1. The van der Waals surface area contributed by atoms with Crippen LogP contribution in [0.5, 0.6) is 0 Å². The molecule has 13 heteroatoms. The molecule has 1 aromatic rings. The van der Waals surface area contributed by atoms with Gasteiger partial charge in [0.15, 0.2) is 0 Å². The van der Waals surface area contributed by atoms with Gasteiger partial charge in [0.1, 0.15) is 24.1 Å². The van der Waals surface area contributed by atoms with E-state index in [9.17, 15) is 32.3 Å². The van der Waals surface area contributed by atoms with E-state index in [1.165, 1.54) is 24.6 Å². The van der Waals surface area contributed by atoms with Gasteiger partial charge < -0.3 is 25.1 Å². The van der Waals surface area contributed by atoms with E-state index in [-0.39, 0.29) is 46.4 Å². The predicted molar refractivity (Wildman–Crippen MR) is 212 cm³/mol. The fourth-order valence-corrected chi connectivity index (χ4v) is 13.9. The molecule has 1 unspecified atom stereocenters. The average Bonchev–Trinajstić information content (AvgIpc) is 3.12. The van der Waals surface area contributed by atoms with Crippen LogP contribution in [0.2, 0.25) is 0 Å². The third-order valence-electron chi connectivity index (χ3n) is 16.3. The van der Waals surface area contributed by atoms with Crippen molar-refractivity contribution in [2.45, 2.75) is 136 Å². The van der Waals surface area contributed by atoms with E-state index in [0.717, 1.165) is 37.8 Å². The summed E-state index contributed by atoms with van der Waals surface area (Å²) >= 11 is 0. The molecule has 318 valence electrons. The summed E-state index contributed by atoms with van der Waals surface area (Å²) in [5.41, 5.74) is 5.40. The highest BCUT2D eigenvalue weighted by Crippen LogP contribution is 2.75. The van der Waals surface area contributed by atoms with Gasteiger partial charge in [-0.25, -0.2) is 17.5 Å². The molecule has 5 aliphatic rings. The molecule has 1 heterocycles. The highest BCUT2D eigenvalue weighted by atomic mass is 32.2. The number of nitrogens with two attached hydrogens (primary N) is 1. The molecule has 4 N–H and O–H groups in total. The van der Waals surface area contributed by atoms with Crippen LogP contribution < -0.4 is 10.5 Å². The van der Waals surface area contributed by atoms with Gasteiger partial charge in [-0.05, 0) is 116 Å². The first-order valence-corrected chi connectivity index (χ1v) is 22.5. The van der Waals surface area contributed by atoms with E-state index < -0.39 is 74.2 Å². The van der Waals surface area contributed by atoms with Crippen molar-refractivity contribution in [2.24, 2.45) is 62.4 Å². The Morgan fingerprint density at radius 3 is 2.32 bits per heavy atom. The quantitative estimate of drug-likeness (QED) is 0.107. The topological polar surface area (TPSA) is 171 Å². The second kappa shape index (κ2) is 15.6. The van der Waals surface area contributed by atoms with E-state index in [0.29, 0.717) is 44.8 Å². The summed E-state index contributed by atoms with van der Waals surface area (Å²) in [6, 6.07) is 3.58. The Hall–Kier alpha value is -2.87. The molecular formula is C44H65FN2O9S. The number of benzene rings is 1. The molecule has 0 spiro atoms. The number of hydrogen-bond donors (Lipinski definition) is 3. The molecule has 4 fully saturated rings. The van der Waals surface area contributed by atoms with Crippen molar-refractivity contribution in [3.63, 3.8) is 0 Å². The second-order valence-electron chi connectivity index (χ2n) is 19.5. The maximum atomic E-state index is 13.7. The number of unbranched alkanes of at least 4 members (excludes halogenated alkanes) is 1. The Balaban J connectivity index is 1.21. The number of esters is 2. The molecule has 4 aliphatic carbocycles. The third kappa shape index (κ3) is 7.28. The molecule has 1 aromatic carbocycles. The van der Waals surface area contributed by atoms with Gasteiger partial charge in [-0.3, -0.25) is 14.4 Å². The van der Waals surface area contributed by atoms with Crippen LogP contribution >= 0.6 is 0 Å². The highest BCUT2D eigenvalue weighted by Gasteiger charge is 2.72. The first-order chi connectivity index (χ1) is 26.6. The van der Waals surface area contributed by atoms with Crippen molar-refractivity contribution < 1.29 is 46.5 Å². The maximum absolute atomic E-state index is 13.7. The summed E-state index contributed by atoms with van der Waals surface area (Å²) in [5, 5.41) is 11.0. The number of fused-ring (bicyclic) bond motifs is 3. The highest BCUT2D eigenvalue weighted by molar-refractivity contribution is 7.89. The zero-order chi connectivity index (χ0) is 41.9. The minimum absolute atomic E-state index is 0.0377. The molecule has 57 heavy (non-hydrogen) atoms. The SMILES string of the molecule is CC(=O)O[C@@H]1C[C@@]23COC[C@](C)([C@@H]2CC[C@H]2C3=CC[C@@]3(C)[C@H](C(=O)O)[C@@](C)([C@H](C)C(C)C)CC[C@]23C)[C@H]1OC(=O)C(N)CCCCNS(=O)(=O)c1ccc(F)cc1. The van der Waals surface area contributed by atoms with Crippen LogP contribution in [0.25, 0.3) is 0 Å². The van der Waals surface area contributed by atoms with Crippen LogP contribution in [0.1, 0.15) is 113 Å². The van der Waals surface area contributed by atoms with Crippen molar-refractivity contribution in [1.29, 1.82) is 0 Å². The van der Waals surface area contributed by atoms with Gasteiger partial charge >= 0.3 is 17.9 Å². The van der Waals surface area contributed by atoms with Gasteiger partial charge in [0.25, 0.3) is 0 Å².